The Morgan fingerprint density at radius 3 is 1.89 bits per heavy atom. The van der Waals surface area contributed by atoms with E-state index in [2.05, 4.69) is 37.0 Å². The Morgan fingerprint density at radius 1 is 0.787 bits per heavy atom. The minimum atomic E-state index is -0.957. The van der Waals surface area contributed by atoms with E-state index in [4.69, 9.17) is 28.7 Å². The lowest BCUT2D eigenvalue weighted by atomic mass is 9.53. The van der Waals surface area contributed by atoms with Crippen LogP contribution in [0.3, 0.4) is 0 Å². The van der Waals surface area contributed by atoms with Gasteiger partial charge in [-0.25, -0.2) is 0 Å². The number of nitrogens with two attached hydrogens (primary N) is 5. The second-order valence-corrected chi connectivity index (χ2v) is 13.9. The van der Waals surface area contributed by atoms with Gasteiger partial charge in [-0.1, -0.05) is 18.2 Å². The maximum Gasteiger partial charge on any atom is 0.243 e. The number of primary amides is 1. The number of nitrogens with one attached hydrogen (secondary N) is 4. The first-order valence-corrected chi connectivity index (χ1v) is 16.8. The van der Waals surface area contributed by atoms with Crippen molar-refractivity contribution in [3.05, 3.63) is 36.0 Å². The fourth-order valence-electron chi connectivity index (χ4n) is 8.49. The van der Waals surface area contributed by atoms with Crippen molar-refractivity contribution in [3.8, 4) is 0 Å². The van der Waals surface area contributed by atoms with Crippen LogP contribution < -0.4 is 44.6 Å². The second kappa shape index (κ2) is 15.1. The van der Waals surface area contributed by atoms with Gasteiger partial charge in [0.2, 0.25) is 17.7 Å². The molecule has 47 heavy (non-hydrogen) atoms. The molecule has 1 aromatic carbocycles. The molecule has 3 amide bonds. The lowest BCUT2D eigenvalue weighted by Crippen LogP contribution is -2.64. The Hall–Kier alpha value is -4.33. The summed E-state index contributed by atoms with van der Waals surface area (Å²) in [7, 11) is 0. The van der Waals surface area contributed by atoms with Crippen LogP contribution in [0.5, 0.6) is 0 Å². The van der Waals surface area contributed by atoms with E-state index >= 15 is 0 Å². The maximum absolute atomic E-state index is 14.3. The van der Waals surface area contributed by atoms with Crippen molar-refractivity contribution in [1.29, 1.82) is 0 Å². The zero-order chi connectivity index (χ0) is 33.6. The molecule has 3 atom stereocenters. The molecule has 4 saturated carbocycles. The molecule has 4 aliphatic carbocycles. The highest BCUT2D eigenvalue weighted by Crippen LogP contribution is 2.55. The molecule has 0 unspecified atom stereocenters. The molecule has 0 radical (unpaired) electrons. The van der Waals surface area contributed by atoms with Crippen LogP contribution >= 0.6 is 0 Å². The molecule has 4 fully saturated rings. The van der Waals surface area contributed by atoms with E-state index in [1.54, 1.807) is 0 Å². The van der Waals surface area contributed by atoms with Crippen LogP contribution in [0.1, 0.15) is 69.8 Å². The Labute approximate surface area is 275 Å². The number of hydrogen-bond acceptors (Lipinski definition) is 6. The zero-order valence-electron chi connectivity index (χ0n) is 27.0. The summed E-state index contributed by atoms with van der Waals surface area (Å²) in [6.45, 7) is 0.566. The molecule has 0 aliphatic heterocycles. The number of carbonyl (C=O) groups excluding carboxylic acids is 3. The van der Waals surface area contributed by atoms with Gasteiger partial charge in [0.15, 0.2) is 11.9 Å². The average molecular weight is 650 g/mol. The predicted octanol–water partition coefficient (Wildman–Crippen LogP) is 0.200. The number of fused-ring (bicyclic) bond motifs is 1. The fourth-order valence-corrected chi connectivity index (χ4v) is 8.49. The van der Waals surface area contributed by atoms with Crippen molar-refractivity contribution in [3.63, 3.8) is 0 Å². The van der Waals surface area contributed by atoms with E-state index in [9.17, 15) is 14.4 Å². The summed E-state index contributed by atoms with van der Waals surface area (Å²) in [5, 5.41) is 10.7. The first kappa shape index (κ1) is 34.0. The monoisotopic (exact) mass is 649 g/mol. The second-order valence-electron chi connectivity index (χ2n) is 13.9. The Morgan fingerprint density at radius 2 is 1.32 bits per heavy atom. The number of aromatic nitrogens is 1. The van der Waals surface area contributed by atoms with Crippen LogP contribution in [0, 0.1) is 17.8 Å². The lowest BCUT2D eigenvalue weighted by molar-refractivity contribution is -0.133. The standard InChI is InChI=1S/C33H51N11O3/c34-28(45)25(7-3-9-39-31(35)36)42-29(46)26(8-4-10-40-32(37)38)43-30(47)27(14-22-18-41-24-6-2-1-5-23(22)24)44-33-15-19-11-20(16-33)13-21(12-19)17-33/h1-2,5-6,18-21,25-27,41,44H,3-4,7-17H2,(H2,34,45)(H,42,46)(H,43,47)(H4,35,36,39)(H4,37,38,40)/t19?,20?,21?,25-,26-,27+,33?/m0/s1. The van der Waals surface area contributed by atoms with Gasteiger partial charge < -0.3 is 44.3 Å². The normalized spacial score (nSPS) is 24.6. The minimum Gasteiger partial charge on any atom is -0.370 e. The van der Waals surface area contributed by atoms with Gasteiger partial charge in [0.05, 0.1) is 6.04 Å². The van der Waals surface area contributed by atoms with Crippen molar-refractivity contribution < 1.29 is 14.4 Å². The van der Waals surface area contributed by atoms with Crippen molar-refractivity contribution in [1.82, 2.24) is 20.9 Å². The zero-order valence-corrected chi connectivity index (χ0v) is 27.0. The average Bonchev–Trinajstić information content (AvgIpc) is 3.41. The fraction of sp³-hybridized carbons (Fsp3) is 0.606. The summed E-state index contributed by atoms with van der Waals surface area (Å²) < 4.78 is 0. The highest BCUT2D eigenvalue weighted by Gasteiger charge is 2.52. The van der Waals surface area contributed by atoms with Gasteiger partial charge in [-0.05, 0) is 100 Å². The SMILES string of the molecule is NC(=O)[C@H](CCCN=C(N)N)NC(=O)[C@H](CCCN=C(N)N)NC(=O)[C@@H](Cc1c[nH]c2ccccc12)NC12CC3CC(CC(C3)C1)C2. The van der Waals surface area contributed by atoms with E-state index in [1.807, 2.05) is 24.4 Å². The summed E-state index contributed by atoms with van der Waals surface area (Å²) in [4.78, 5) is 51.5. The molecular weight excluding hydrogens is 598 g/mol. The van der Waals surface area contributed by atoms with E-state index in [0.717, 1.165) is 35.7 Å². The third kappa shape index (κ3) is 8.93. The smallest absolute Gasteiger partial charge is 0.243 e. The summed E-state index contributed by atoms with van der Waals surface area (Å²) in [5.41, 5.74) is 29.4. The molecule has 4 aliphatic rings. The molecular formula is C33H51N11O3. The highest BCUT2D eigenvalue weighted by atomic mass is 16.2. The van der Waals surface area contributed by atoms with E-state index < -0.39 is 29.9 Å². The minimum absolute atomic E-state index is 0.0526. The number of carbonyl (C=O) groups is 3. The molecule has 2 aromatic rings. The van der Waals surface area contributed by atoms with Crippen LogP contribution in [0.25, 0.3) is 10.9 Å². The Bertz CT molecular complexity index is 1440. The van der Waals surface area contributed by atoms with Gasteiger partial charge >= 0.3 is 0 Å². The highest BCUT2D eigenvalue weighted by molar-refractivity contribution is 5.93. The summed E-state index contributed by atoms with van der Waals surface area (Å²) >= 11 is 0. The number of rotatable bonds is 17. The van der Waals surface area contributed by atoms with Crippen LogP contribution in [-0.2, 0) is 20.8 Å². The van der Waals surface area contributed by atoms with Crippen molar-refractivity contribution in [2.45, 2.75) is 94.3 Å². The van der Waals surface area contributed by atoms with Crippen LogP contribution in [0.4, 0.5) is 0 Å². The molecule has 0 saturated heterocycles. The number of aromatic amines is 1. The van der Waals surface area contributed by atoms with E-state index in [1.165, 1.54) is 19.3 Å². The van der Waals surface area contributed by atoms with Gasteiger partial charge in [-0.3, -0.25) is 29.7 Å². The largest absolute Gasteiger partial charge is 0.370 e. The first-order chi connectivity index (χ1) is 22.5. The third-order valence-electron chi connectivity index (χ3n) is 10.1. The molecule has 14 nitrogen and oxygen atoms in total. The van der Waals surface area contributed by atoms with E-state index in [0.29, 0.717) is 37.0 Å². The number of hydrogen-bond donors (Lipinski definition) is 9. The lowest BCUT2D eigenvalue weighted by Gasteiger charge is -2.57. The van der Waals surface area contributed by atoms with Crippen molar-refractivity contribution >= 4 is 40.5 Å². The van der Waals surface area contributed by atoms with Crippen molar-refractivity contribution in [2.75, 3.05) is 13.1 Å². The first-order valence-electron chi connectivity index (χ1n) is 16.8. The molecule has 0 spiro atoms. The molecule has 4 bridgehead atoms. The van der Waals surface area contributed by atoms with Crippen LogP contribution in [0.15, 0.2) is 40.4 Å². The quantitative estimate of drug-likeness (QED) is 0.0648. The van der Waals surface area contributed by atoms with Gasteiger partial charge in [-0.15, -0.1) is 0 Å². The summed E-state index contributed by atoms with van der Waals surface area (Å²) in [5.74, 6) is 0.507. The third-order valence-corrected chi connectivity index (χ3v) is 10.1. The number of nitrogens with zero attached hydrogens (tertiary/aromatic N) is 2. The number of amides is 3. The Balaban J connectivity index is 1.35. The summed E-state index contributed by atoms with van der Waals surface area (Å²) in [6, 6.07) is 5.56. The topological polar surface area (TPSA) is 258 Å². The van der Waals surface area contributed by atoms with Crippen LogP contribution in [0.2, 0.25) is 0 Å². The number of para-hydroxylation sites is 1. The molecule has 1 aromatic heterocycles. The molecule has 6 rings (SSSR count). The molecule has 14 heteroatoms. The molecule has 1 heterocycles. The number of benzene rings is 1. The molecule has 14 N–H and O–H groups in total. The predicted molar refractivity (Wildman–Crippen MR) is 183 cm³/mol. The van der Waals surface area contributed by atoms with Gasteiger partial charge in [0.1, 0.15) is 12.1 Å². The van der Waals surface area contributed by atoms with E-state index in [-0.39, 0.29) is 49.3 Å². The van der Waals surface area contributed by atoms with Crippen molar-refractivity contribution in [2.24, 2.45) is 56.4 Å². The number of H-pyrrole nitrogens is 1. The molecule has 256 valence electrons. The van der Waals surface area contributed by atoms with Crippen LogP contribution in [-0.4, -0.2) is 71.4 Å². The number of guanidine groups is 2. The number of aliphatic imine (C=N–C) groups is 2. The maximum atomic E-state index is 14.3. The Kier molecular flexibility index (Phi) is 10.9. The van der Waals surface area contributed by atoms with Gasteiger partial charge in [0, 0.05) is 35.7 Å². The van der Waals surface area contributed by atoms with Gasteiger partial charge in [0.25, 0.3) is 0 Å². The summed E-state index contributed by atoms with van der Waals surface area (Å²) in [6.07, 6.45) is 10.8. The van der Waals surface area contributed by atoms with Gasteiger partial charge in [-0.2, -0.15) is 0 Å².